The van der Waals surface area contributed by atoms with E-state index in [1.807, 2.05) is 30.3 Å². The first-order valence-electron chi connectivity index (χ1n) is 11.1. The van der Waals surface area contributed by atoms with Crippen molar-refractivity contribution in [1.82, 2.24) is 15.0 Å². The summed E-state index contributed by atoms with van der Waals surface area (Å²) in [7, 11) is 0. The van der Waals surface area contributed by atoms with Gasteiger partial charge in [-0.1, -0.05) is 113 Å². The molecule has 0 saturated heterocycles. The summed E-state index contributed by atoms with van der Waals surface area (Å²) in [4.78, 5) is 14.5. The fraction of sp³-hybridized carbons (Fsp3) is 0.207. The second-order valence-electron chi connectivity index (χ2n) is 8.69. The Morgan fingerprint density at radius 3 is 1.12 bits per heavy atom. The Labute approximate surface area is 190 Å². The first-order chi connectivity index (χ1) is 15.4. The number of benzene rings is 3. The zero-order valence-corrected chi connectivity index (χ0v) is 19.2. The molecule has 0 N–H and O–H groups in total. The van der Waals surface area contributed by atoms with E-state index in [2.05, 4.69) is 82.8 Å². The topological polar surface area (TPSA) is 38.7 Å². The Morgan fingerprint density at radius 1 is 0.531 bits per heavy atom. The zero-order valence-electron chi connectivity index (χ0n) is 19.2. The summed E-state index contributed by atoms with van der Waals surface area (Å²) in [6, 6.07) is 25.1. The van der Waals surface area contributed by atoms with Gasteiger partial charge < -0.3 is 0 Å². The van der Waals surface area contributed by atoms with E-state index in [1.54, 1.807) is 0 Å². The van der Waals surface area contributed by atoms with Crippen LogP contribution in [0.3, 0.4) is 0 Å². The lowest BCUT2D eigenvalue weighted by atomic mass is 10.0. The molecule has 3 aromatic carbocycles. The van der Waals surface area contributed by atoms with Gasteiger partial charge in [0.05, 0.1) is 0 Å². The highest BCUT2D eigenvalue weighted by Crippen LogP contribution is 2.27. The standard InChI is InChI=1S/C29H29N3/c1-6-21-7-9-24(10-8-21)27-30-28(25-15-11-22(12-16-25)19(2)3)32-29(31-27)26-17-13-23(14-18-26)20(4)5/h6-20H,1H2,2-5H3. The Kier molecular flexibility index (Phi) is 6.27. The molecule has 0 atom stereocenters. The molecule has 0 aliphatic carbocycles. The number of hydrogen-bond donors (Lipinski definition) is 0. The second kappa shape index (κ2) is 9.27. The van der Waals surface area contributed by atoms with E-state index in [1.165, 1.54) is 11.1 Å². The van der Waals surface area contributed by atoms with E-state index in [4.69, 9.17) is 15.0 Å². The molecule has 0 unspecified atom stereocenters. The summed E-state index contributed by atoms with van der Waals surface area (Å²) >= 11 is 0. The highest BCUT2D eigenvalue weighted by molar-refractivity contribution is 5.67. The third-order valence-corrected chi connectivity index (χ3v) is 5.71. The molecular weight excluding hydrogens is 390 g/mol. The summed E-state index contributed by atoms with van der Waals surface area (Å²) in [6.07, 6.45) is 1.83. The molecular formula is C29H29N3. The fourth-order valence-electron chi connectivity index (χ4n) is 3.57. The van der Waals surface area contributed by atoms with Crippen LogP contribution in [0.15, 0.2) is 79.4 Å². The van der Waals surface area contributed by atoms with Crippen molar-refractivity contribution in [3.63, 3.8) is 0 Å². The summed E-state index contributed by atoms with van der Waals surface area (Å²) in [5, 5.41) is 0. The number of hydrogen-bond acceptors (Lipinski definition) is 3. The van der Waals surface area contributed by atoms with Crippen molar-refractivity contribution >= 4 is 6.08 Å². The van der Waals surface area contributed by atoms with Gasteiger partial charge in [-0.2, -0.15) is 0 Å². The van der Waals surface area contributed by atoms with E-state index in [9.17, 15) is 0 Å². The molecule has 0 aliphatic heterocycles. The lowest BCUT2D eigenvalue weighted by Gasteiger charge is -2.11. The van der Waals surface area contributed by atoms with Crippen molar-refractivity contribution in [2.45, 2.75) is 39.5 Å². The van der Waals surface area contributed by atoms with Gasteiger partial charge in [-0.05, 0) is 28.5 Å². The molecule has 160 valence electrons. The van der Waals surface area contributed by atoms with Gasteiger partial charge in [0.1, 0.15) is 0 Å². The molecule has 0 aliphatic rings. The van der Waals surface area contributed by atoms with Crippen LogP contribution in [0.1, 0.15) is 56.2 Å². The summed E-state index contributed by atoms with van der Waals surface area (Å²) < 4.78 is 0. The van der Waals surface area contributed by atoms with Crippen LogP contribution in [0.2, 0.25) is 0 Å². The van der Waals surface area contributed by atoms with Gasteiger partial charge in [0.25, 0.3) is 0 Å². The smallest absolute Gasteiger partial charge is 0.164 e. The average Bonchev–Trinajstić information content (AvgIpc) is 2.84. The molecule has 0 radical (unpaired) electrons. The summed E-state index contributed by atoms with van der Waals surface area (Å²) in [5.74, 6) is 3.00. The number of aromatic nitrogens is 3. The van der Waals surface area contributed by atoms with Crippen molar-refractivity contribution in [2.75, 3.05) is 0 Å². The van der Waals surface area contributed by atoms with Crippen molar-refractivity contribution in [2.24, 2.45) is 0 Å². The highest BCUT2D eigenvalue weighted by atomic mass is 15.0. The van der Waals surface area contributed by atoms with Gasteiger partial charge in [-0.25, -0.2) is 15.0 Å². The maximum absolute atomic E-state index is 4.84. The third-order valence-electron chi connectivity index (χ3n) is 5.71. The van der Waals surface area contributed by atoms with Crippen LogP contribution in [0, 0.1) is 0 Å². The van der Waals surface area contributed by atoms with Crippen LogP contribution in [0.25, 0.3) is 40.2 Å². The minimum Gasteiger partial charge on any atom is -0.208 e. The van der Waals surface area contributed by atoms with E-state index in [-0.39, 0.29) is 0 Å². The minimum absolute atomic E-state index is 0.483. The van der Waals surface area contributed by atoms with Crippen LogP contribution in [-0.2, 0) is 0 Å². The molecule has 3 nitrogen and oxygen atoms in total. The fourth-order valence-corrected chi connectivity index (χ4v) is 3.57. The quantitative estimate of drug-likeness (QED) is 0.320. The molecule has 0 amide bonds. The number of rotatable bonds is 6. The van der Waals surface area contributed by atoms with Crippen molar-refractivity contribution in [3.8, 4) is 34.2 Å². The lowest BCUT2D eigenvalue weighted by Crippen LogP contribution is -2.00. The zero-order chi connectivity index (χ0) is 22.7. The number of nitrogens with zero attached hydrogens (tertiary/aromatic N) is 3. The largest absolute Gasteiger partial charge is 0.208 e. The Balaban J connectivity index is 1.82. The van der Waals surface area contributed by atoms with Crippen LogP contribution in [-0.4, -0.2) is 15.0 Å². The summed E-state index contributed by atoms with van der Waals surface area (Å²) in [5.41, 5.74) is 6.59. The van der Waals surface area contributed by atoms with Crippen LogP contribution in [0.4, 0.5) is 0 Å². The van der Waals surface area contributed by atoms with E-state index >= 15 is 0 Å². The van der Waals surface area contributed by atoms with Gasteiger partial charge >= 0.3 is 0 Å². The van der Waals surface area contributed by atoms with Crippen molar-refractivity contribution < 1.29 is 0 Å². The highest BCUT2D eigenvalue weighted by Gasteiger charge is 2.13. The second-order valence-corrected chi connectivity index (χ2v) is 8.69. The SMILES string of the molecule is C=Cc1ccc(-c2nc(-c3ccc(C(C)C)cc3)nc(-c3ccc(C(C)C)cc3)n2)cc1. The van der Waals surface area contributed by atoms with Crippen LogP contribution in [0.5, 0.6) is 0 Å². The first-order valence-corrected chi connectivity index (χ1v) is 11.1. The predicted octanol–water partition coefficient (Wildman–Crippen LogP) is 7.76. The van der Waals surface area contributed by atoms with Crippen LogP contribution >= 0.6 is 0 Å². The monoisotopic (exact) mass is 419 g/mol. The molecule has 0 fully saturated rings. The Hall–Kier alpha value is -3.59. The van der Waals surface area contributed by atoms with Crippen molar-refractivity contribution in [1.29, 1.82) is 0 Å². The molecule has 1 aromatic heterocycles. The molecule has 0 bridgehead atoms. The average molecular weight is 420 g/mol. The molecule has 0 saturated carbocycles. The van der Waals surface area contributed by atoms with Gasteiger partial charge in [0.15, 0.2) is 17.5 Å². The Morgan fingerprint density at radius 2 is 0.844 bits per heavy atom. The molecule has 0 spiro atoms. The minimum atomic E-state index is 0.483. The maximum atomic E-state index is 4.84. The molecule has 1 heterocycles. The molecule has 4 rings (SSSR count). The predicted molar refractivity (Wildman–Crippen MR) is 134 cm³/mol. The van der Waals surface area contributed by atoms with Crippen molar-refractivity contribution in [3.05, 3.63) is 96.1 Å². The molecule has 32 heavy (non-hydrogen) atoms. The van der Waals surface area contributed by atoms with E-state index in [0.717, 1.165) is 22.3 Å². The lowest BCUT2D eigenvalue weighted by molar-refractivity contribution is 0.866. The Bertz CT molecular complexity index is 1130. The molecule has 3 heteroatoms. The van der Waals surface area contributed by atoms with Gasteiger partial charge in [0.2, 0.25) is 0 Å². The van der Waals surface area contributed by atoms with Gasteiger partial charge in [0, 0.05) is 16.7 Å². The van der Waals surface area contributed by atoms with Gasteiger partial charge in [-0.15, -0.1) is 0 Å². The van der Waals surface area contributed by atoms with E-state index < -0.39 is 0 Å². The summed E-state index contributed by atoms with van der Waals surface area (Å²) in [6.45, 7) is 12.6. The van der Waals surface area contributed by atoms with Gasteiger partial charge in [-0.3, -0.25) is 0 Å². The molecule has 4 aromatic rings. The first kappa shape index (κ1) is 21.6. The normalized spacial score (nSPS) is 11.2. The third kappa shape index (κ3) is 4.67. The van der Waals surface area contributed by atoms with Crippen LogP contribution < -0.4 is 0 Å². The van der Waals surface area contributed by atoms with E-state index in [0.29, 0.717) is 29.3 Å². The maximum Gasteiger partial charge on any atom is 0.164 e.